The number of rotatable bonds is 3. The number of benzene rings is 2. The van der Waals surface area contributed by atoms with Crippen LogP contribution in [0, 0.1) is 0 Å². The van der Waals surface area contributed by atoms with Gasteiger partial charge in [-0.3, -0.25) is 4.79 Å². The zero-order chi connectivity index (χ0) is 20.0. The second-order valence-electron chi connectivity index (χ2n) is 7.58. The molecule has 1 aliphatic rings. The first-order valence-electron chi connectivity index (χ1n) is 8.89. The molecule has 2 aromatic carbocycles. The van der Waals surface area contributed by atoms with Gasteiger partial charge < -0.3 is 10.2 Å². The van der Waals surface area contributed by atoms with Crippen LogP contribution in [0.5, 0.6) is 0 Å². The van der Waals surface area contributed by atoms with Crippen molar-refractivity contribution < 1.29 is 18.0 Å². The lowest BCUT2D eigenvalue weighted by atomic mass is 9.81. The highest BCUT2D eigenvalue weighted by Crippen LogP contribution is 2.49. The molecule has 0 aliphatic carbocycles. The number of halogens is 3. The summed E-state index contributed by atoms with van der Waals surface area (Å²) in [7, 11) is 0. The molecule has 2 aromatic rings. The number of carbonyl (C=O) groups is 1. The van der Waals surface area contributed by atoms with Crippen molar-refractivity contribution in [2.45, 2.75) is 51.4 Å². The van der Waals surface area contributed by atoms with Gasteiger partial charge in [0.05, 0.1) is 6.04 Å². The fourth-order valence-corrected chi connectivity index (χ4v) is 3.79. The standard InChI is InChI=1S/C21H23F3N2O/c1-13(15-8-6-5-7-9-15)26-14(2)20(3,4)17-11-10-16(12-18(17)26)25-19(27)21(22,23)24/h5-14H,1-4H3,(H,25,27). The predicted octanol–water partition coefficient (Wildman–Crippen LogP) is 5.43. The molecule has 3 nitrogen and oxygen atoms in total. The Balaban J connectivity index is 2.01. The molecule has 0 radical (unpaired) electrons. The maximum absolute atomic E-state index is 12.6. The number of hydrogen-bond donors (Lipinski definition) is 1. The van der Waals surface area contributed by atoms with Crippen molar-refractivity contribution in [3.63, 3.8) is 0 Å². The molecule has 2 atom stereocenters. The molecule has 2 unspecified atom stereocenters. The first kappa shape index (κ1) is 19.3. The third-order valence-electron chi connectivity index (χ3n) is 5.65. The summed E-state index contributed by atoms with van der Waals surface area (Å²) in [5, 5.41) is 1.96. The Kier molecular flexibility index (Phi) is 4.70. The molecule has 1 aliphatic heterocycles. The summed E-state index contributed by atoms with van der Waals surface area (Å²) in [6.45, 7) is 8.45. The minimum atomic E-state index is -4.91. The predicted molar refractivity (Wildman–Crippen MR) is 101 cm³/mol. The van der Waals surface area contributed by atoms with Gasteiger partial charge in [0.2, 0.25) is 0 Å². The Labute approximate surface area is 157 Å². The lowest BCUT2D eigenvalue weighted by Crippen LogP contribution is -2.40. The zero-order valence-electron chi connectivity index (χ0n) is 15.8. The Morgan fingerprint density at radius 2 is 1.78 bits per heavy atom. The molecule has 144 valence electrons. The lowest BCUT2D eigenvalue weighted by Gasteiger charge is -2.36. The van der Waals surface area contributed by atoms with Crippen LogP contribution in [0.4, 0.5) is 24.5 Å². The van der Waals surface area contributed by atoms with E-state index in [1.807, 2.05) is 41.7 Å². The van der Waals surface area contributed by atoms with Gasteiger partial charge in [-0.15, -0.1) is 0 Å². The molecule has 0 aromatic heterocycles. The van der Waals surface area contributed by atoms with Crippen LogP contribution in [0.2, 0.25) is 0 Å². The van der Waals surface area contributed by atoms with Gasteiger partial charge >= 0.3 is 12.1 Å². The summed E-state index contributed by atoms with van der Waals surface area (Å²) in [6.07, 6.45) is -4.91. The van der Waals surface area contributed by atoms with Crippen molar-refractivity contribution in [3.8, 4) is 0 Å². The number of alkyl halides is 3. The van der Waals surface area contributed by atoms with Gasteiger partial charge in [0, 0.05) is 22.8 Å². The summed E-state index contributed by atoms with van der Waals surface area (Å²) >= 11 is 0. The van der Waals surface area contributed by atoms with E-state index < -0.39 is 12.1 Å². The van der Waals surface area contributed by atoms with Gasteiger partial charge in [-0.2, -0.15) is 13.2 Å². The van der Waals surface area contributed by atoms with E-state index in [9.17, 15) is 18.0 Å². The van der Waals surface area contributed by atoms with Crippen LogP contribution in [0.1, 0.15) is 44.9 Å². The van der Waals surface area contributed by atoms with Crippen molar-refractivity contribution in [3.05, 3.63) is 59.7 Å². The molecule has 0 bridgehead atoms. The highest BCUT2D eigenvalue weighted by atomic mass is 19.4. The molecule has 0 fully saturated rings. The quantitative estimate of drug-likeness (QED) is 0.774. The zero-order valence-corrected chi connectivity index (χ0v) is 15.8. The average molecular weight is 376 g/mol. The van der Waals surface area contributed by atoms with Crippen molar-refractivity contribution in [2.75, 3.05) is 10.2 Å². The molecular weight excluding hydrogens is 353 g/mol. The van der Waals surface area contributed by atoms with E-state index >= 15 is 0 Å². The minimum absolute atomic E-state index is 0.0373. The SMILES string of the molecule is CC(c1ccccc1)N1c2cc(NC(=O)C(F)(F)F)ccc2C(C)(C)C1C. The van der Waals surface area contributed by atoms with Crippen LogP contribution in [-0.2, 0) is 10.2 Å². The highest BCUT2D eigenvalue weighted by molar-refractivity contribution is 5.95. The van der Waals surface area contributed by atoms with Crippen LogP contribution < -0.4 is 10.2 Å². The second-order valence-corrected chi connectivity index (χ2v) is 7.58. The number of nitrogens with one attached hydrogen (secondary N) is 1. The van der Waals surface area contributed by atoms with Gasteiger partial charge in [0.15, 0.2) is 0 Å². The van der Waals surface area contributed by atoms with Crippen LogP contribution in [0.15, 0.2) is 48.5 Å². The fraction of sp³-hybridized carbons (Fsp3) is 0.381. The maximum Gasteiger partial charge on any atom is 0.471 e. The number of fused-ring (bicyclic) bond motifs is 1. The van der Waals surface area contributed by atoms with Gasteiger partial charge in [-0.1, -0.05) is 50.2 Å². The number of hydrogen-bond acceptors (Lipinski definition) is 2. The molecule has 0 saturated heterocycles. The van der Waals surface area contributed by atoms with E-state index in [2.05, 4.69) is 32.6 Å². The number of anilines is 2. The first-order chi connectivity index (χ1) is 12.5. The third-order valence-corrected chi connectivity index (χ3v) is 5.65. The summed E-state index contributed by atoms with van der Waals surface area (Å²) in [5.74, 6) is -1.96. The maximum atomic E-state index is 12.6. The van der Waals surface area contributed by atoms with Gasteiger partial charge in [0.1, 0.15) is 0 Å². The van der Waals surface area contributed by atoms with Crippen molar-refractivity contribution in [1.29, 1.82) is 0 Å². The molecule has 1 N–H and O–H groups in total. The number of carbonyl (C=O) groups excluding carboxylic acids is 1. The summed E-state index contributed by atoms with van der Waals surface area (Å²) in [4.78, 5) is 13.5. The Bertz CT molecular complexity index is 846. The average Bonchev–Trinajstić information content (AvgIpc) is 2.80. The van der Waals surface area contributed by atoms with E-state index in [-0.39, 0.29) is 23.2 Å². The molecule has 27 heavy (non-hydrogen) atoms. The Hall–Kier alpha value is -2.50. The molecule has 0 saturated carbocycles. The first-order valence-corrected chi connectivity index (χ1v) is 8.89. The number of nitrogens with zero attached hydrogens (tertiary/aromatic N) is 1. The second kappa shape index (κ2) is 6.59. The van der Waals surface area contributed by atoms with E-state index in [4.69, 9.17) is 0 Å². The Morgan fingerprint density at radius 1 is 1.15 bits per heavy atom. The minimum Gasteiger partial charge on any atom is -0.361 e. The van der Waals surface area contributed by atoms with E-state index in [0.717, 1.165) is 16.8 Å². The lowest BCUT2D eigenvalue weighted by molar-refractivity contribution is -0.167. The van der Waals surface area contributed by atoms with Gasteiger partial charge in [-0.05, 0) is 37.1 Å². The van der Waals surface area contributed by atoms with Gasteiger partial charge in [0.25, 0.3) is 0 Å². The fourth-order valence-electron chi connectivity index (χ4n) is 3.79. The summed E-state index contributed by atoms with van der Waals surface area (Å²) < 4.78 is 37.8. The van der Waals surface area contributed by atoms with Gasteiger partial charge in [-0.25, -0.2) is 0 Å². The molecular formula is C21H23F3N2O. The third kappa shape index (κ3) is 3.40. The largest absolute Gasteiger partial charge is 0.471 e. The molecule has 1 heterocycles. The van der Waals surface area contributed by atoms with E-state index in [0.29, 0.717) is 0 Å². The van der Waals surface area contributed by atoms with Crippen LogP contribution in [-0.4, -0.2) is 18.1 Å². The van der Waals surface area contributed by atoms with E-state index in [1.54, 1.807) is 6.07 Å². The van der Waals surface area contributed by atoms with E-state index in [1.165, 1.54) is 6.07 Å². The van der Waals surface area contributed by atoms with Crippen molar-refractivity contribution >= 4 is 17.3 Å². The normalized spacial score (nSPS) is 19.5. The van der Waals surface area contributed by atoms with Crippen LogP contribution in [0.25, 0.3) is 0 Å². The summed E-state index contributed by atoms with van der Waals surface area (Å²) in [6, 6.07) is 15.1. The van der Waals surface area contributed by atoms with Crippen LogP contribution in [0.3, 0.4) is 0 Å². The highest BCUT2D eigenvalue weighted by Gasteiger charge is 2.44. The molecule has 0 spiro atoms. The monoisotopic (exact) mass is 376 g/mol. The molecule has 3 rings (SSSR count). The summed E-state index contributed by atoms with van der Waals surface area (Å²) in [5.41, 5.74) is 3.00. The number of amides is 1. The molecule has 6 heteroatoms. The van der Waals surface area contributed by atoms with Crippen LogP contribution >= 0.6 is 0 Å². The molecule has 1 amide bonds. The smallest absolute Gasteiger partial charge is 0.361 e. The Morgan fingerprint density at radius 3 is 2.37 bits per heavy atom. The topological polar surface area (TPSA) is 32.3 Å². The van der Waals surface area contributed by atoms with Crippen molar-refractivity contribution in [2.24, 2.45) is 0 Å². The van der Waals surface area contributed by atoms with Crippen molar-refractivity contribution in [1.82, 2.24) is 0 Å².